The summed E-state index contributed by atoms with van der Waals surface area (Å²) in [5.41, 5.74) is 2.61. The van der Waals surface area contributed by atoms with Crippen LogP contribution < -0.4 is 0 Å². The Balaban J connectivity index is 2.01. The lowest BCUT2D eigenvalue weighted by Crippen LogP contribution is -1.93. The Kier molecular flexibility index (Phi) is 6.27. The van der Waals surface area contributed by atoms with Crippen molar-refractivity contribution < 1.29 is 4.79 Å². The molecule has 2 heteroatoms. The molecule has 0 amide bonds. The molecule has 1 aromatic heterocycles. The molecule has 0 fully saturated rings. The Bertz CT molecular complexity index is 685. The fraction of sp³-hybridized carbons (Fsp3) is 0.450. The highest BCUT2D eigenvalue weighted by Crippen LogP contribution is 2.23. The summed E-state index contributed by atoms with van der Waals surface area (Å²) < 4.78 is 2.02. The number of aldehydes is 1. The summed E-state index contributed by atoms with van der Waals surface area (Å²) in [5.74, 6) is 6.45. The molecule has 0 unspecified atom stereocenters. The third kappa shape index (κ3) is 3.80. The van der Waals surface area contributed by atoms with Crippen molar-refractivity contribution in [3.63, 3.8) is 0 Å². The number of rotatable bonds is 7. The van der Waals surface area contributed by atoms with Crippen LogP contribution in [0.1, 0.15) is 67.9 Å². The van der Waals surface area contributed by atoms with Crippen molar-refractivity contribution in [1.29, 1.82) is 0 Å². The van der Waals surface area contributed by atoms with Crippen molar-refractivity contribution in [2.24, 2.45) is 7.05 Å². The van der Waals surface area contributed by atoms with Gasteiger partial charge in [-0.1, -0.05) is 63.1 Å². The maximum atomic E-state index is 11.4. The molecule has 0 saturated heterocycles. The summed E-state index contributed by atoms with van der Waals surface area (Å²) in [6, 6.07) is 7.96. The zero-order valence-corrected chi connectivity index (χ0v) is 13.7. The van der Waals surface area contributed by atoms with E-state index in [9.17, 15) is 4.79 Å². The minimum atomic E-state index is 0.716. The van der Waals surface area contributed by atoms with Gasteiger partial charge in [-0.25, -0.2) is 0 Å². The summed E-state index contributed by atoms with van der Waals surface area (Å²) in [6.07, 6.45) is 9.51. The highest BCUT2D eigenvalue weighted by molar-refractivity contribution is 6.00. The van der Waals surface area contributed by atoms with Crippen LogP contribution in [-0.4, -0.2) is 10.9 Å². The number of para-hydroxylation sites is 1. The minimum absolute atomic E-state index is 0.716. The standard InChI is InChI=1S/C20H25NO/c1-3-4-5-6-7-8-9-10-14-20-18(16-22)17-13-11-12-15-19(17)21(20)2/h11-13,15-16H,3-9H2,1-2H3. The highest BCUT2D eigenvalue weighted by Gasteiger charge is 2.11. The van der Waals surface area contributed by atoms with Gasteiger partial charge in [0.1, 0.15) is 5.69 Å². The minimum Gasteiger partial charge on any atom is -0.337 e. The van der Waals surface area contributed by atoms with Crippen LogP contribution in [0.25, 0.3) is 10.9 Å². The van der Waals surface area contributed by atoms with E-state index in [2.05, 4.69) is 18.8 Å². The lowest BCUT2D eigenvalue weighted by molar-refractivity contribution is 0.112. The van der Waals surface area contributed by atoms with Crippen molar-refractivity contribution >= 4 is 17.2 Å². The number of aryl methyl sites for hydroxylation is 1. The van der Waals surface area contributed by atoms with Gasteiger partial charge in [-0.15, -0.1) is 0 Å². The average Bonchev–Trinajstić information content (AvgIpc) is 2.82. The van der Waals surface area contributed by atoms with Gasteiger partial charge in [0.05, 0.1) is 5.56 Å². The summed E-state index contributed by atoms with van der Waals surface area (Å²) >= 11 is 0. The van der Waals surface area contributed by atoms with Crippen LogP contribution in [0.5, 0.6) is 0 Å². The normalized spacial score (nSPS) is 10.5. The third-order valence-corrected chi connectivity index (χ3v) is 4.13. The Morgan fingerprint density at radius 2 is 1.82 bits per heavy atom. The molecular weight excluding hydrogens is 270 g/mol. The van der Waals surface area contributed by atoms with Crippen molar-refractivity contribution in [1.82, 2.24) is 4.57 Å². The zero-order valence-electron chi connectivity index (χ0n) is 13.7. The van der Waals surface area contributed by atoms with E-state index in [1.54, 1.807) is 0 Å². The average molecular weight is 295 g/mol. The maximum Gasteiger partial charge on any atom is 0.153 e. The van der Waals surface area contributed by atoms with E-state index in [0.29, 0.717) is 5.56 Å². The molecule has 0 aliphatic carbocycles. The van der Waals surface area contributed by atoms with E-state index < -0.39 is 0 Å². The van der Waals surface area contributed by atoms with Crippen molar-refractivity contribution in [3.8, 4) is 11.8 Å². The molecule has 116 valence electrons. The highest BCUT2D eigenvalue weighted by atomic mass is 16.1. The molecule has 2 aromatic rings. The molecule has 0 radical (unpaired) electrons. The van der Waals surface area contributed by atoms with E-state index in [1.165, 1.54) is 32.1 Å². The summed E-state index contributed by atoms with van der Waals surface area (Å²) in [4.78, 5) is 11.4. The number of fused-ring (bicyclic) bond motifs is 1. The van der Waals surface area contributed by atoms with E-state index in [4.69, 9.17) is 0 Å². The lowest BCUT2D eigenvalue weighted by atomic mass is 10.1. The van der Waals surface area contributed by atoms with Gasteiger partial charge >= 0.3 is 0 Å². The van der Waals surface area contributed by atoms with Gasteiger partial charge in [-0.05, 0) is 18.4 Å². The van der Waals surface area contributed by atoms with Gasteiger partial charge in [0.15, 0.2) is 6.29 Å². The number of carbonyl (C=O) groups is 1. The monoisotopic (exact) mass is 295 g/mol. The van der Waals surface area contributed by atoms with Crippen molar-refractivity contribution in [2.45, 2.75) is 51.9 Å². The summed E-state index contributed by atoms with van der Waals surface area (Å²) in [7, 11) is 1.98. The number of unbranched alkanes of at least 4 members (excludes halogenated alkanes) is 6. The molecular formula is C20H25NO. The van der Waals surface area contributed by atoms with Crippen molar-refractivity contribution in [2.75, 3.05) is 0 Å². The van der Waals surface area contributed by atoms with Crippen LogP contribution in [0.3, 0.4) is 0 Å². The van der Waals surface area contributed by atoms with E-state index in [0.717, 1.165) is 35.7 Å². The number of benzene rings is 1. The summed E-state index contributed by atoms with van der Waals surface area (Å²) in [6.45, 7) is 2.24. The van der Waals surface area contributed by atoms with E-state index in [-0.39, 0.29) is 0 Å². The second-order valence-corrected chi connectivity index (χ2v) is 5.78. The first-order valence-corrected chi connectivity index (χ1v) is 8.31. The maximum absolute atomic E-state index is 11.4. The molecule has 0 bridgehead atoms. The van der Waals surface area contributed by atoms with Crippen LogP contribution in [0, 0.1) is 11.8 Å². The van der Waals surface area contributed by atoms with Gasteiger partial charge in [0.25, 0.3) is 0 Å². The van der Waals surface area contributed by atoms with Gasteiger partial charge in [-0.3, -0.25) is 4.79 Å². The van der Waals surface area contributed by atoms with Gasteiger partial charge in [-0.2, -0.15) is 0 Å². The Labute approximate surface area is 133 Å². The predicted molar refractivity (Wildman–Crippen MR) is 93.2 cm³/mol. The van der Waals surface area contributed by atoms with E-state index in [1.807, 2.05) is 35.9 Å². The zero-order chi connectivity index (χ0) is 15.8. The molecule has 1 heterocycles. The first-order chi connectivity index (χ1) is 10.8. The van der Waals surface area contributed by atoms with Crippen LogP contribution in [0.4, 0.5) is 0 Å². The molecule has 0 atom stereocenters. The molecule has 0 aliphatic rings. The fourth-order valence-corrected chi connectivity index (χ4v) is 2.83. The fourth-order valence-electron chi connectivity index (χ4n) is 2.83. The molecule has 0 N–H and O–H groups in total. The predicted octanol–water partition coefficient (Wildman–Crippen LogP) is 5.09. The quantitative estimate of drug-likeness (QED) is 0.396. The van der Waals surface area contributed by atoms with Crippen LogP contribution in [-0.2, 0) is 7.05 Å². The smallest absolute Gasteiger partial charge is 0.153 e. The van der Waals surface area contributed by atoms with Gasteiger partial charge in [0, 0.05) is 24.4 Å². The first-order valence-electron chi connectivity index (χ1n) is 8.31. The molecule has 0 saturated carbocycles. The topological polar surface area (TPSA) is 22.0 Å². The molecule has 2 rings (SSSR count). The van der Waals surface area contributed by atoms with Crippen LogP contribution in [0.2, 0.25) is 0 Å². The van der Waals surface area contributed by atoms with Crippen LogP contribution in [0.15, 0.2) is 24.3 Å². The summed E-state index contributed by atoms with van der Waals surface area (Å²) in [5, 5.41) is 0.990. The Morgan fingerprint density at radius 1 is 1.09 bits per heavy atom. The van der Waals surface area contributed by atoms with Gasteiger partial charge in [0.2, 0.25) is 0 Å². The molecule has 0 aliphatic heterocycles. The SMILES string of the molecule is CCCCCCCCC#Cc1c(C=O)c2ccccc2n1C. The number of carbonyl (C=O) groups excluding carboxylic acids is 1. The second-order valence-electron chi connectivity index (χ2n) is 5.78. The number of aromatic nitrogens is 1. The molecule has 2 nitrogen and oxygen atoms in total. The second kappa shape index (κ2) is 8.44. The largest absolute Gasteiger partial charge is 0.337 e. The molecule has 0 spiro atoms. The Morgan fingerprint density at radius 3 is 2.59 bits per heavy atom. The molecule has 1 aromatic carbocycles. The number of hydrogen-bond donors (Lipinski definition) is 0. The first kappa shape index (κ1) is 16.4. The van der Waals surface area contributed by atoms with Crippen molar-refractivity contribution in [3.05, 3.63) is 35.5 Å². The molecule has 22 heavy (non-hydrogen) atoms. The Hall–Kier alpha value is -2.01. The number of nitrogens with zero attached hydrogens (tertiary/aromatic N) is 1. The van der Waals surface area contributed by atoms with Crippen LogP contribution >= 0.6 is 0 Å². The lowest BCUT2D eigenvalue weighted by Gasteiger charge is -1.98. The third-order valence-electron chi connectivity index (χ3n) is 4.13. The van der Waals surface area contributed by atoms with E-state index >= 15 is 0 Å². The number of hydrogen-bond acceptors (Lipinski definition) is 1. The van der Waals surface area contributed by atoms with Gasteiger partial charge < -0.3 is 4.57 Å².